The number of hydrogen-bond donors (Lipinski definition) is 1. The van der Waals surface area contributed by atoms with Gasteiger partial charge in [-0.1, -0.05) is 20.8 Å². The van der Waals surface area contributed by atoms with E-state index in [1.54, 1.807) is 12.1 Å². The van der Waals surface area contributed by atoms with E-state index in [0.717, 1.165) is 12.0 Å². The first-order valence-corrected chi connectivity index (χ1v) is 8.58. The Bertz CT molecular complexity index is 562. The second-order valence-electron chi connectivity index (χ2n) is 5.85. The van der Waals surface area contributed by atoms with Crippen molar-refractivity contribution in [1.82, 2.24) is 0 Å². The molecule has 0 aliphatic rings. The lowest BCUT2D eigenvalue weighted by molar-refractivity contribution is 0.130. The van der Waals surface area contributed by atoms with Crippen LogP contribution in [0.4, 0.5) is 0 Å². The smallest absolute Gasteiger partial charge is 0.238 e. The van der Waals surface area contributed by atoms with E-state index in [4.69, 9.17) is 14.6 Å². The van der Waals surface area contributed by atoms with Crippen molar-refractivity contribution in [3.63, 3.8) is 0 Å². The van der Waals surface area contributed by atoms with Crippen LogP contribution in [0.3, 0.4) is 0 Å². The lowest BCUT2D eigenvalue weighted by atomic mass is 9.86. The fourth-order valence-electron chi connectivity index (χ4n) is 1.89. The molecule has 5 nitrogen and oxygen atoms in total. The van der Waals surface area contributed by atoms with Gasteiger partial charge in [-0.05, 0) is 30.5 Å². The molecule has 1 aromatic rings. The highest BCUT2D eigenvalue weighted by Gasteiger charge is 2.22. The molecule has 0 saturated carbocycles. The van der Waals surface area contributed by atoms with E-state index in [1.165, 1.54) is 6.07 Å². The number of primary sulfonamides is 1. The highest BCUT2D eigenvalue weighted by atomic mass is 32.2. The molecule has 1 aromatic carbocycles. The summed E-state index contributed by atoms with van der Waals surface area (Å²) in [6.45, 7) is 9.82. The third-order valence-electron chi connectivity index (χ3n) is 2.98. The van der Waals surface area contributed by atoms with Gasteiger partial charge in [-0.2, -0.15) is 0 Å². The zero-order chi connectivity index (χ0) is 16.1. The molecule has 1 rings (SSSR count). The molecular weight excluding hydrogens is 290 g/mol. The molecule has 0 bridgehead atoms. The van der Waals surface area contributed by atoms with E-state index in [0.29, 0.717) is 25.6 Å². The predicted octanol–water partition coefficient (Wildman–Crippen LogP) is 2.44. The van der Waals surface area contributed by atoms with Crippen LogP contribution < -0.4 is 9.88 Å². The molecule has 0 amide bonds. The van der Waals surface area contributed by atoms with Crippen LogP contribution in [0.15, 0.2) is 23.1 Å². The highest BCUT2D eigenvalue weighted by Crippen LogP contribution is 2.33. The Kier molecular flexibility index (Phi) is 6.19. The third-order valence-corrected chi connectivity index (χ3v) is 3.89. The summed E-state index contributed by atoms with van der Waals surface area (Å²) >= 11 is 0. The van der Waals surface area contributed by atoms with E-state index in [9.17, 15) is 8.42 Å². The summed E-state index contributed by atoms with van der Waals surface area (Å²) in [5.41, 5.74) is 0.584. The van der Waals surface area contributed by atoms with Crippen LogP contribution in [0, 0.1) is 0 Å². The molecule has 0 unspecified atom stereocenters. The van der Waals surface area contributed by atoms with Crippen molar-refractivity contribution in [2.75, 3.05) is 19.8 Å². The van der Waals surface area contributed by atoms with Crippen molar-refractivity contribution in [2.24, 2.45) is 5.14 Å². The molecule has 0 aliphatic heterocycles. The number of hydrogen-bond acceptors (Lipinski definition) is 4. The van der Waals surface area contributed by atoms with Crippen LogP contribution in [0.2, 0.25) is 0 Å². The first kappa shape index (κ1) is 17.9. The number of nitrogens with two attached hydrogens (primary N) is 1. The van der Waals surface area contributed by atoms with E-state index in [1.807, 2.05) is 27.7 Å². The Morgan fingerprint density at radius 2 is 1.86 bits per heavy atom. The maximum atomic E-state index is 11.5. The Morgan fingerprint density at radius 3 is 2.38 bits per heavy atom. The van der Waals surface area contributed by atoms with Crippen molar-refractivity contribution < 1.29 is 17.9 Å². The Labute approximate surface area is 127 Å². The predicted molar refractivity (Wildman–Crippen MR) is 83.1 cm³/mol. The van der Waals surface area contributed by atoms with Gasteiger partial charge in [-0.25, -0.2) is 13.6 Å². The first-order chi connectivity index (χ1) is 9.66. The van der Waals surface area contributed by atoms with Gasteiger partial charge in [0, 0.05) is 25.2 Å². The van der Waals surface area contributed by atoms with Crippen molar-refractivity contribution in [3.8, 4) is 5.75 Å². The SMILES string of the molecule is CCOCCCOc1ccc(S(N)(=O)=O)cc1C(C)(C)C. The van der Waals surface area contributed by atoms with Gasteiger partial charge < -0.3 is 9.47 Å². The molecule has 21 heavy (non-hydrogen) atoms. The quantitative estimate of drug-likeness (QED) is 0.784. The molecule has 120 valence electrons. The monoisotopic (exact) mass is 315 g/mol. The minimum Gasteiger partial charge on any atom is -0.493 e. The molecule has 0 spiro atoms. The van der Waals surface area contributed by atoms with Crippen molar-refractivity contribution >= 4 is 10.0 Å². The van der Waals surface area contributed by atoms with Crippen LogP contribution in [0.25, 0.3) is 0 Å². The topological polar surface area (TPSA) is 78.6 Å². The van der Waals surface area contributed by atoms with Gasteiger partial charge in [-0.3, -0.25) is 0 Å². The number of ether oxygens (including phenoxy) is 2. The lowest BCUT2D eigenvalue weighted by Crippen LogP contribution is -2.17. The molecule has 0 aromatic heterocycles. The summed E-state index contributed by atoms with van der Waals surface area (Å²) in [4.78, 5) is 0.106. The van der Waals surface area contributed by atoms with E-state index >= 15 is 0 Å². The van der Waals surface area contributed by atoms with Crippen LogP contribution >= 0.6 is 0 Å². The van der Waals surface area contributed by atoms with Gasteiger partial charge >= 0.3 is 0 Å². The maximum absolute atomic E-state index is 11.5. The number of benzene rings is 1. The molecular formula is C15H25NO4S. The number of rotatable bonds is 7. The fourth-order valence-corrected chi connectivity index (χ4v) is 2.43. The number of sulfonamides is 1. The Balaban J connectivity index is 2.93. The van der Waals surface area contributed by atoms with Gasteiger partial charge in [0.15, 0.2) is 0 Å². The lowest BCUT2D eigenvalue weighted by Gasteiger charge is -2.23. The fraction of sp³-hybridized carbons (Fsp3) is 0.600. The maximum Gasteiger partial charge on any atom is 0.238 e. The molecule has 0 saturated heterocycles. The van der Waals surface area contributed by atoms with Crippen LogP contribution in [0.5, 0.6) is 5.75 Å². The summed E-state index contributed by atoms with van der Waals surface area (Å²) in [7, 11) is -3.71. The van der Waals surface area contributed by atoms with Gasteiger partial charge in [0.25, 0.3) is 0 Å². The summed E-state index contributed by atoms with van der Waals surface area (Å²) < 4.78 is 34.0. The Morgan fingerprint density at radius 1 is 1.19 bits per heavy atom. The molecule has 6 heteroatoms. The molecule has 0 atom stereocenters. The molecule has 0 heterocycles. The highest BCUT2D eigenvalue weighted by molar-refractivity contribution is 7.89. The average Bonchev–Trinajstić information content (AvgIpc) is 2.36. The molecule has 0 aliphatic carbocycles. The van der Waals surface area contributed by atoms with Gasteiger partial charge in [0.2, 0.25) is 10.0 Å². The van der Waals surface area contributed by atoms with Gasteiger partial charge in [0.1, 0.15) is 5.75 Å². The van der Waals surface area contributed by atoms with Crippen LogP contribution in [-0.2, 0) is 20.2 Å². The van der Waals surface area contributed by atoms with Crippen molar-refractivity contribution in [2.45, 2.75) is 44.4 Å². The van der Waals surface area contributed by atoms with E-state index < -0.39 is 10.0 Å². The molecule has 0 radical (unpaired) electrons. The standard InChI is InChI=1S/C15H25NO4S/c1-5-19-9-6-10-20-14-8-7-12(21(16,17)18)11-13(14)15(2,3)4/h7-8,11H,5-6,9-10H2,1-4H3,(H2,16,17,18). The van der Waals surface area contributed by atoms with Crippen molar-refractivity contribution in [1.29, 1.82) is 0 Å². The summed E-state index contributed by atoms with van der Waals surface area (Å²) in [6, 6.07) is 4.73. The second kappa shape index (κ2) is 7.24. The summed E-state index contributed by atoms with van der Waals surface area (Å²) in [5, 5.41) is 5.19. The molecule has 0 fully saturated rings. The van der Waals surface area contributed by atoms with Crippen LogP contribution in [-0.4, -0.2) is 28.2 Å². The molecule has 2 N–H and O–H groups in total. The first-order valence-electron chi connectivity index (χ1n) is 7.04. The zero-order valence-electron chi connectivity index (χ0n) is 13.2. The largest absolute Gasteiger partial charge is 0.493 e. The van der Waals surface area contributed by atoms with E-state index in [2.05, 4.69) is 0 Å². The third kappa shape index (κ3) is 5.65. The van der Waals surface area contributed by atoms with Gasteiger partial charge in [0.05, 0.1) is 11.5 Å². The summed E-state index contributed by atoms with van der Waals surface area (Å²) in [6.07, 6.45) is 0.786. The van der Waals surface area contributed by atoms with Gasteiger partial charge in [-0.15, -0.1) is 0 Å². The average molecular weight is 315 g/mol. The minimum atomic E-state index is -3.71. The van der Waals surface area contributed by atoms with E-state index in [-0.39, 0.29) is 10.3 Å². The normalized spacial score (nSPS) is 12.4. The Hall–Kier alpha value is -1.11. The van der Waals surface area contributed by atoms with Crippen LogP contribution in [0.1, 0.15) is 39.7 Å². The summed E-state index contributed by atoms with van der Waals surface area (Å²) in [5.74, 6) is 0.686. The van der Waals surface area contributed by atoms with Crippen molar-refractivity contribution in [3.05, 3.63) is 23.8 Å². The second-order valence-corrected chi connectivity index (χ2v) is 7.41. The minimum absolute atomic E-state index is 0.106. The zero-order valence-corrected chi connectivity index (χ0v) is 14.0.